The van der Waals surface area contributed by atoms with E-state index < -0.39 is 0 Å². The van der Waals surface area contributed by atoms with Crippen LogP contribution in [0.4, 0.5) is 0 Å². The number of ether oxygens (including phenoxy) is 1. The highest BCUT2D eigenvalue weighted by atomic mass is 16.5. The molecule has 1 amide bonds. The summed E-state index contributed by atoms with van der Waals surface area (Å²) in [4.78, 5) is 12.0. The second-order valence-corrected chi connectivity index (χ2v) is 5.75. The van der Waals surface area contributed by atoms with Crippen molar-refractivity contribution in [2.45, 2.75) is 31.8 Å². The number of nitrogens with one attached hydrogen (secondary N) is 2. The van der Waals surface area contributed by atoms with E-state index in [1.165, 1.54) is 5.56 Å². The molecule has 1 atom stereocenters. The number of carbonyl (C=O) groups excluding carboxylic acids is 1. The number of piperidine rings is 1. The predicted octanol–water partition coefficient (Wildman–Crippen LogP) is 1.50. The number of hydrogen-bond acceptors (Lipinski definition) is 3. The molecule has 2 aliphatic rings. The Bertz CT molecular complexity index is 444. The van der Waals surface area contributed by atoms with E-state index in [0.717, 1.165) is 38.1 Å². The summed E-state index contributed by atoms with van der Waals surface area (Å²) < 4.78 is 5.82. The van der Waals surface area contributed by atoms with Gasteiger partial charge in [0.2, 0.25) is 5.91 Å². The van der Waals surface area contributed by atoms with Gasteiger partial charge in [0, 0.05) is 12.8 Å². The minimum Gasteiger partial charge on any atom is -0.488 e. The van der Waals surface area contributed by atoms with Crippen LogP contribution in [0.1, 0.15) is 24.8 Å². The minimum atomic E-state index is 0.0874. The number of benzene rings is 1. The number of carbonyl (C=O) groups is 1. The summed E-state index contributed by atoms with van der Waals surface area (Å²) in [6, 6.07) is 8.09. The van der Waals surface area contributed by atoms with Gasteiger partial charge >= 0.3 is 0 Å². The van der Waals surface area contributed by atoms with Crippen molar-refractivity contribution in [1.29, 1.82) is 0 Å². The summed E-state index contributed by atoms with van der Waals surface area (Å²) in [7, 11) is 0. The number of fused-ring (bicyclic) bond motifs is 1. The molecule has 0 aliphatic carbocycles. The third-order valence-electron chi connectivity index (χ3n) is 4.17. The van der Waals surface area contributed by atoms with Gasteiger partial charge in [-0.1, -0.05) is 18.2 Å². The molecule has 0 saturated carbocycles. The molecule has 2 aliphatic heterocycles. The van der Waals surface area contributed by atoms with E-state index in [-0.39, 0.29) is 12.0 Å². The fourth-order valence-electron chi connectivity index (χ4n) is 3.02. The molecular formula is C16H22N2O2. The van der Waals surface area contributed by atoms with Crippen LogP contribution < -0.4 is 15.4 Å². The average molecular weight is 274 g/mol. The van der Waals surface area contributed by atoms with Crippen molar-refractivity contribution in [1.82, 2.24) is 10.6 Å². The first-order valence-corrected chi connectivity index (χ1v) is 7.53. The molecule has 1 saturated heterocycles. The maximum Gasteiger partial charge on any atom is 0.220 e. The van der Waals surface area contributed by atoms with Crippen molar-refractivity contribution in [3.05, 3.63) is 29.8 Å². The molecule has 4 nitrogen and oxygen atoms in total. The summed E-state index contributed by atoms with van der Waals surface area (Å²) in [5, 5.41) is 6.35. The lowest BCUT2D eigenvalue weighted by molar-refractivity contribution is -0.122. The zero-order valence-electron chi connectivity index (χ0n) is 11.7. The largest absolute Gasteiger partial charge is 0.488 e. The molecule has 2 N–H and O–H groups in total. The Labute approximate surface area is 119 Å². The van der Waals surface area contributed by atoms with E-state index in [4.69, 9.17) is 4.74 Å². The number of amides is 1. The van der Waals surface area contributed by atoms with Crippen molar-refractivity contribution in [3.8, 4) is 5.75 Å². The number of hydrogen-bond donors (Lipinski definition) is 2. The summed E-state index contributed by atoms with van der Waals surface area (Å²) in [6.07, 6.45) is 3.85. The van der Waals surface area contributed by atoms with E-state index in [0.29, 0.717) is 18.9 Å². The molecular weight excluding hydrogens is 252 g/mol. The van der Waals surface area contributed by atoms with Gasteiger partial charge in [0.25, 0.3) is 0 Å². The second kappa shape index (κ2) is 6.27. The van der Waals surface area contributed by atoms with E-state index in [1.807, 2.05) is 18.2 Å². The van der Waals surface area contributed by atoms with Crippen molar-refractivity contribution < 1.29 is 9.53 Å². The fraction of sp³-hybridized carbons (Fsp3) is 0.562. The van der Waals surface area contributed by atoms with Crippen LogP contribution in [-0.4, -0.2) is 31.6 Å². The van der Waals surface area contributed by atoms with Crippen LogP contribution in [0.15, 0.2) is 24.3 Å². The predicted molar refractivity (Wildman–Crippen MR) is 77.8 cm³/mol. The number of para-hydroxylation sites is 1. The van der Waals surface area contributed by atoms with Crippen LogP contribution in [0.3, 0.4) is 0 Å². The lowest BCUT2D eigenvalue weighted by Gasteiger charge is -2.22. The molecule has 108 valence electrons. The molecule has 1 aromatic rings. The van der Waals surface area contributed by atoms with Gasteiger partial charge < -0.3 is 15.4 Å². The minimum absolute atomic E-state index is 0.0874. The third kappa shape index (κ3) is 3.31. The highest BCUT2D eigenvalue weighted by Crippen LogP contribution is 2.27. The van der Waals surface area contributed by atoms with E-state index in [2.05, 4.69) is 16.7 Å². The summed E-state index contributed by atoms with van der Waals surface area (Å²) in [5.74, 6) is 1.67. The first-order valence-electron chi connectivity index (χ1n) is 7.53. The average Bonchev–Trinajstić information content (AvgIpc) is 2.89. The molecule has 0 spiro atoms. The third-order valence-corrected chi connectivity index (χ3v) is 4.17. The molecule has 3 rings (SSSR count). The monoisotopic (exact) mass is 274 g/mol. The van der Waals surface area contributed by atoms with Crippen LogP contribution in [-0.2, 0) is 11.2 Å². The van der Waals surface area contributed by atoms with Gasteiger partial charge in [0.15, 0.2) is 0 Å². The lowest BCUT2D eigenvalue weighted by Crippen LogP contribution is -2.37. The Balaban J connectivity index is 1.41. The zero-order valence-corrected chi connectivity index (χ0v) is 11.7. The zero-order chi connectivity index (χ0) is 13.8. The lowest BCUT2D eigenvalue weighted by atomic mass is 9.94. The summed E-state index contributed by atoms with van der Waals surface area (Å²) >= 11 is 0. The molecule has 0 radical (unpaired) electrons. The van der Waals surface area contributed by atoms with Crippen LogP contribution in [0.2, 0.25) is 0 Å². The Kier molecular flexibility index (Phi) is 4.21. The topological polar surface area (TPSA) is 50.4 Å². The van der Waals surface area contributed by atoms with E-state index in [1.54, 1.807) is 0 Å². The maximum absolute atomic E-state index is 12.0. The molecule has 0 aromatic heterocycles. The van der Waals surface area contributed by atoms with Gasteiger partial charge in [0.1, 0.15) is 11.9 Å². The highest BCUT2D eigenvalue weighted by molar-refractivity contribution is 5.76. The van der Waals surface area contributed by atoms with Gasteiger partial charge in [-0.05, 0) is 43.5 Å². The Morgan fingerprint density at radius 3 is 2.90 bits per heavy atom. The van der Waals surface area contributed by atoms with E-state index in [9.17, 15) is 4.79 Å². The van der Waals surface area contributed by atoms with Crippen LogP contribution >= 0.6 is 0 Å². The molecule has 4 heteroatoms. The van der Waals surface area contributed by atoms with Crippen LogP contribution in [0.25, 0.3) is 0 Å². The van der Waals surface area contributed by atoms with Gasteiger partial charge in [0.05, 0.1) is 6.54 Å². The first-order chi connectivity index (χ1) is 9.81. The fourth-order valence-corrected chi connectivity index (χ4v) is 3.02. The molecule has 20 heavy (non-hydrogen) atoms. The van der Waals surface area contributed by atoms with Crippen molar-refractivity contribution in [2.75, 3.05) is 19.6 Å². The van der Waals surface area contributed by atoms with Gasteiger partial charge in [-0.15, -0.1) is 0 Å². The molecule has 0 bridgehead atoms. The van der Waals surface area contributed by atoms with Crippen molar-refractivity contribution >= 4 is 5.91 Å². The van der Waals surface area contributed by atoms with Gasteiger partial charge in [-0.2, -0.15) is 0 Å². The SMILES string of the molecule is O=C(CC1CCNCC1)NCC1Cc2ccccc2O1. The quantitative estimate of drug-likeness (QED) is 0.875. The maximum atomic E-state index is 12.0. The molecule has 1 unspecified atom stereocenters. The van der Waals surface area contributed by atoms with Crippen molar-refractivity contribution in [2.24, 2.45) is 5.92 Å². The van der Waals surface area contributed by atoms with Gasteiger partial charge in [-0.3, -0.25) is 4.79 Å². The Hall–Kier alpha value is -1.55. The number of rotatable bonds is 4. The Morgan fingerprint density at radius 1 is 1.30 bits per heavy atom. The first kappa shape index (κ1) is 13.4. The normalized spacial score (nSPS) is 22.1. The summed E-state index contributed by atoms with van der Waals surface area (Å²) in [5.41, 5.74) is 1.24. The van der Waals surface area contributed by atoms with Crippen LogP contribution in [0.5, 0.6) is 5.75 Å². The summed E-state index contributed by atoms with van der Waals surface area (Å²) in [6.45, 7) is 2.69. The van der Waals surface area contributed by atoms with Crippen LogP contribution in [0, 0.1) is 5.92 Å². The Morgan fingerprint density at radius 2 is 2.10 bits per heavy atom. The smallest absolute Gasteiger partial charge is 0.220 e. The van der Waals surface area contributed by atoms with E-state index >= 15 is 0 Å². The highest BCUT2D eigenvalue weighted by Gasteiger charge is 2.23. The second-order valence-electron chi connectivity index (χ2n) is 5.75. The standard InChI is InChI=1S/C16H22N2O2/c19-16(9-12-5-7-17-8-6-12)18-11-14-10-13-3-1-2-4-15(13)20-14/h1-4,12,14,17H,5-11H2,(H,18,19). The molecule has 1 aromatic carbocycles. The molecule has 2 heterocycles. The van der Waals surface area contributed by atoms with Crippen molar-refractivity contribution in [3.63, 3.8) is 0 Å². The molecule has 1 fully saturated rings. The van der Waals surface area contributed by atoms with Gasteiger partial charge in [-0.25, -0.2) is 0 Å².